The van der Waals surface area contributed by atoms with Crippen LogP contribution in [0.1, 0.15) is 18.4 Å². The summed E-state index contributed by atoms with van der Waals surface area (Å²) in [6.45, 7) is 7.92. The predicted octanol–water partition coefficient (Wildman–Crippen LogP) is -0.382. The zero-order valence-electron chi connectivity index (χ0n) is 19.2. The molecule has 5 rings (SSSR count). The summed E-state index contributed by atoms with van der Waals surface area (Å²) in [6, 6.07) is 0.602. The summed E-state index contributed by atoms with van der Waals surface area (Å²) in [4.78, 5) is 22.5. The summed E-state index contributed by atoms with van der Waals surface area (Å²) >= 11 is 0. The standard InChI is InChI=1S/C22H35FN8O2/c1-14-10-25-12-17(19(14)30-6-4-29(5-7-30)16-2-8-33-9-3-16)27-22(32)18-20(24)28-31-13-15(23)11-26-21(18)31/h10,12,15-16,18,20-21,26,28H,2-9,11,13,24H2,1H3,(H,27,32). The monoisotopic (exact) mass is 462 g/mol. The number of anilines is 2. The van der Waals surface area contributed by atoms with E-state index >= 15 is 0 Å². The first-order valence-corrected chi connectivity index (χ1v) is 12.0. The van der Waals surface area contributed by atoms with Crippen LogP contribution < -0.4 is 26.7 Å². The highest BCUT2D eigenvalue weighted by atomic mass is 19.1. The number of aryl methyl sites for hydroxylation is 1. The fourth-order valence-electron chi connectivity index (χ4n) is 5.63. The number of rotatable bonds is 4. The van der Waals surface area contributed by atoms with E-state index in [-0.39, 0.29) is 25.2 Å². The van der Waals surface area contributed by atoms with E-state index in [2.05, 4.69) is 30.8 Å². The van der Waals surface area contributed by atoms with Crippen molar-refractivity contribution in [3.8, 4) is 0 Å². The molecule has 4 atom stereocenters. The first-order valence-electron chi connectivity index (χ1n) is 12.0. The molecule has 4 saturated heterocycles. The third kappa shape index (κ3) is 4.71. The minimum atomic E-state index is -0.991. The van der Waals surface area contributed by atoms with Crippen molar-refractivity contribution < 1.29 is 13.9 Å². The van der Waals surface area contributed by atoms with Gasteiger partial charge in [-0.1, -0.05) is 0 Å². The number of nitrogens with one attached hydrogen (secondary N) is 3. The molecule has 182 valence electrons. The van der Waals surface area contributed by atoms with Gasteiger partial charge in [0.15, 0.2) is 0 Å². The average Bonchev–Trinajstić information content (AvgIpc) is 3.15. The number of ether oxygens (including phenoxy) is 1. The summed E-state index contributed by atoms with van der Waals surface area (Å²) < 4.78 is 19.3. The fraction of sp³-hybridized carbons (Fsp3) is 0.727. The third-order valence-electron chi connectivity index (χ3n) is 7.32. The molecule has 1 aromatic heterocycles. The molecule has 0 aromatic carbocycles. The zero-order valence-corrected chi connectivity index (χ0v) is 19.2. The number of halogens is 1. The zero-order chi connectivity index (χ0) is 22.9. The Labute approximate surface area is 194 Å². The van der Waals surface area contributed by atoms with E-state index in [9.17, 15) is 9.18 Å². The maximum atomic E-state index is 13.8. The molecular formula is C22H35FN8O2. The molecule has 0 spiro atoms. The van der Waals surface area contributed by atoms with Gasteiger partial charge in [-0.15, -0.1) is 0 Å². The molecule has 0 saturated carbocycles. The molecule has 5 heterocycles. The third-order valence-corrected chi connectivity index (χ3v) is 7.32. The number of piperazine rings is 1. The Hall–Kier alpha value is -1.89. The Bertz CT molecular complexity index is 846. The number of alkyl halides is 1. The summed E-state index contributed by atoms with van der Waals surface area (Å²) in [5.74, 6) is -0.738. The quantitative estimate of drug-likeness (QED) is 0.476. The lowest BCUT2D eigenvalue weighted by atomic mass is 10.0. The maximum Gasteiger partial charge on any atom is 0.233 e. The van der Waals surface area contributed by atoms with Crippen molar-refractivity contribution in [2.45, 2.75) is 44.3 Å². The van der Waals surface area contributed by atoms with E-state index in [4.69, 9.17) is 10.5 Å². The maximum absolute atomic E-state index is 13.8. The van der Waals surface area contributed by atoms with E-state index in [0.717, 1.165) is 63.5 Å². The van der Waals surface area contributed by atoms with Crippen LogP contribution in [0.25, 0.3) is 0 Å². The fourth-order valence-corrected chi connectivity index (χ4v) is 5.63. The molecule has 4 unspecified atom stereocenters. The lowest BCUT2D eigenvalue weighted by Crippen LogP contribution is -2.58. The van der Waals surface area contributed by atoms with Crippen molar-refractivity contribution in [2.75, 3.05) is 62.7 Å². The molecular weight excluding hydrogens is 427 g/mol. The van der Waals surface area contributed by atoms with Gasteiger partial charge in [0.25, 0.3) is 0 Å². The number of amides is 1. The van der Waals surface area contributed by atoms with Gasteiger partial charge in [0.2, 0.25) is 5.91 Å². The van der Waals surface area contributed by atoms with E-state index in [1.807, 2.05) is 13.1 Å². The molecule has 33 heavy (non-hydrogen) atoms. The average molecular weight is 463 g/mol. The molecule has 4 aliphatic heterocycles. The van der Waals surface area contributed by atoms with Crippen molar-refractivity contribution >= 4 is 17.3 Å². The van der Waals surface area contributed by atoms with Crippen molar-refractivity contribution in [1.82, 2.24) is 25.6 Å². The molecule has 0 bridgehead atoms. The molecule has 0 radical (unpaired) electrons. The number of hydrogen-bond donors (Lipinski definition) is 4. The minimum Gasteiger partial charge on any atom is -0.381 e. The van der Waals surface area contributed by atoms with Gasteiger partial charge in [0, 0.05) is 64.7 Å². The molecule has 0 aliphatic carbocycles. The van der Waals surface area contributed by atoms with Crippen LogP contribution in [0.2, 0.25) is 0 Å². The normalized spacial score (nSPS) is 32.0. The second kappa shape index (κ2) is 9.77. The van der Waals surface area contributed by atoms with E-state index in [1.54, 1.807) is 11.2 Å². The highest BCUT2D eigenvalue weighted by Crippen LogP contribution is 2.32. The molecule has 1 aromatic rings. The van der Waals surface area contributed by atoms with Gasteiger partial charge in [-0.05, 0) is 25.3 Å². The summed E-state index contributed by atoms with van der Waals surface area (Å²) in [6.07, 6.45) is 3.83. The van der Waals surface area contributed by atoms with Gasteiger partial charge in [0.05, 0.1) is 35.8 Å². The van der Waals surface area contributed by atoms with Crippen LogP contribution in [-0.4, -0.2) is 97.8 Å². The second-order valence-electron chi connectivity index (χ2n) is 9.49. The van der Waals surface area contributed by atoms with Crippen LogP contribution in [-0.2, 0) is 9.53 Å². The van der Waals surface area contributed by atoms with Gasteiger partial charge in [-0.2, -0.15) is 0 Å². The first-order chi connectivity index (χ1) is 16.0. The van der Waals surface area contributed by atoms with Crippen LogP contribution >= 0.6 is 0 Å². The van der Waals surface area contributed by atoms with Crippen LogP contribution in [0.3, 0.4) is 0 Å². The Morgan fingerprint density at radius 2 is 2.00 bits per heavy atom. The predicted molar refractivity (Wildman–Crippen MR) is 123 cm³/mol. The number of nitrogens with zero attached hydrogens (tertiary/aromatic N) is 4. The first kappa shape index (κ1) is 22.9. The number of fused-ring (bicyclic) bond motifs is 1. The molecule has 10 nitrogen and oxygen atoms in total. The lowest BCUT2D eigenvalue weighted by molar-refractivity contribution is -0.121. The number of hydrogen-bond acceptors (Lipinski definition) is 9. The number of nitrogens with two attached hydrogens (primary N) is 1. The smallest absolute Gasteiger partial charge is 0.233 e. The van der Waals surface area contributed by atoms with Crippen molar-refractivity contribution in [2.24, 2.45) is 11.7 Å². The highest BCUT2D eigenvalue weighted by molar-refractivity contribution is 5.97. The number of hydrazine groups is 1. The van der Waals surface area contributed by atoms with Crippen molar-refractivity contribution in [1.29, 1.82) is 0 Å². The number of carbonyl (C=O) groups is 1. The van der Waals surface area contributed by atoms with Crippen LogP contribution in [0.4, 0.5) is 15.8 Å². The Balaban J connectivity index is 1.27. The molecule has 4 aliphatic rings. The van der Waals surface area contributed by atoms with Gasteiger partial charge < -0.3 is 20.7 Å². The topological polar surface area (TPSA) is 111 Å². The Kier molecular flexibility index (Phi) is 6.77. The van der Waals surface area contributed by atoms with Crippen LogP contribution in [0.5, 0.6) is 0 Å². The van der Waals surface area contributed by atoms with Gasteiger partial charge in [-0.3, -0.25) is 20.0 Å². The Morgan fingerprint density at radius 3 is 2.76 bits per heavy atom. The van der Waals surface area contributed by atoms with Gasteiger partial charge in [0.1, 0.15) is 6.17 Å². The molecule has 4 fully saturated rings. The van der Waals surface area contributed by atoms with E-state index in [1.165, 1.54) is 0 Å². The van der Waals surface area contributed by atoms with Crippen LogP contribution in [0, 0.1) is 12.8 Å². The molecule has 5 N–H and O–H groups in total. The van der Waals surface area contributed by atoms with E-state index in [0.29, 0.717) is 11.7 Å². The number of pyridine rings is 1. The lowest BCUT2D eigenvalue weighted by Gasteiger charge is -2.42. The largest absolute Gasteiger partial charge is 0.381 e. The molecule has 1 amide bonds. The highest BCUT2D eigenvalue weighted by Gasteiger charge is 2.47. The van der Waals surface area contributed by atoms with Gasteiger partial charge >= 0.3 is 0 Å². The number of carbonyl (C=O) groups excluding carboxylic acids is 1. The van der Waals surface area contributed by atoms with Crippen LogP contribution in [0.15, 0.2) is 12.4 Å². The number of aromatic nitrogens is 1. The molecule has 11 heteroatoms. The summed E-state index contributed by atoms with van der Waals surface area (Å²) in [5, 5.41) is 7.90. The van der Waals surface area contributed by atoms with Gasteiger partial charge in [-0.25, -0.2) is 14.8 Å². The minimum absolute atomic E-state index is 0.193. The van der Waals surface area contributed by atoms with E-state index < -0.39 is 18.3 Å². The van der Waals surface area contributed by atoms with Crippen molar-refractivity contribution in [3.63, 3.8) is 0 Å². The Morgan fingerprint density at radius 1 is 1.24 bits per heavy atom. The van der Waals surface area contributed by atoms with Crippen molar-refractivity contribution in [3.05, 3.63) is 18.0 Å². The summed E-state index contributed by atoms with van der Waals surface area (Å²) in [5.41, 5.74) is 12.0. The second-order valence-corrected chi connectivity index (χ2v) is 9.49. The SMILES string of the molecule is Cc1cncc(NC(=O)C2C(N)NN3CC(F)CNC23)c1N1CCN(C2CCOCC2)CC1. The summed E-state index contributed by atoms with van der Waals surface area (Å²) in [7, 11) is 0.